The van der Waals surface area contributed by atoms with Crippen LogP contribution in [0.2, 0.25) is 0 Å². The minimum atomic E-state index is 0.0518. The number of aryl methyl sites for hydroxylation is 2. The van der Waals surface area contributed by atoms with Gasteiger partial charge in [0.15, 0.2) is 0 Å². The number of carbonyl (C=O) groups excluding carboxylic acids is 2. The van der Waals surface area contributed by atoms with Crippen molar-refractivity contribution in [2.24, 2.45) is 0 Å². The van der Waals surface area contributed by atoms with Crippen molar-refractivity contribution in [2.45, 2.75) is 44.9 Å². The van der Waals surface area contributed by atoms with Gasteiger partial charge in [-0.15, -0.1) is 0 Å². The number of aromatic nitrogens is 1. The van der Waals surface area contributed by atoms with Gasteiger partial charge in [-0.2, -0.15) is 0 Å². The van der Waals surface area contributed by atoms with Gasteiger partial charge in [-0.3, -0.25) is 19.5 Å². The van der Waals surface area contributed by atoms with Crippen LogP contribution in [0, 0.1) is 0 Å². The zero-order valence-corrected chi connectivity index (χ0v) is 18.0. The fourth-order valence-corrected chi connectivity index (χ4v) is 5.15. The molecule has 1 aromatic carbocycles. The van der Waals surface area contributed by atoms with Gasteiger partial charge in [0, 0.05) is 43.1 Å². The molecule has 31 heavy (non-hydrogen) atoms. The summed E-state index contributed by atoms with van der Waals surface area (Å²) in [5.41, 5.74) is 6.75. The third kappa shape index (κ3) is 4.22. The van der Waals surface area contributed by atoms with Gasteiger partial charge >= 0.3 is 0 Å². The monoisotopic (exact) mass is 418 g/mol. The Bertz CT molecular complexity index is 981. The van der Waals surface area contributed by atoms with Gasteiger partial charge in [-0.1, -0.05) is 18.2 Å². The average molecular weight is 419 g/mol. The number of fused-ring (bicyclic) bond motifs is 2. The summed E-state index contributed by atoms with van der Waals surface area (Å²) in [6.07, 6.45) is 7.60. The number of nitrogens with one attached hydrogen (secondary N) is 1. The van der Waals surface area contributed by atoms with Crippen LogP contribution in [0.1, 0.15) is 52.1 Å². The molecular weight excluding hydrogens is 388 g/mol. The molecule has 162 valence electrons. The number of piperazine rings is 1. The van der Waals surface area contributed by atoms with Crippen molar-refractivity contribution >= 4 is 17.5 Å². The van der Waals surface area contributed by atoms with Gasteiger partial charge in [0.25, 0.3) is 5.91 Å². The predicted octanol–water partition coefficient (Wildman–Crippen LogP) is 2.85. The van der Waals surface area contributed by atoms with Crippen molar-refractivity contribution in [3.63, 3.8) is 0 Å². The van der Waals surface area contributed by atoms with E-state index in [9.17, 15) is 9.59 Å². The molecule has 2 amide bonds. The molecule has 3 aliphatic rings. The van der Waals surface area contributed by atoms with Crippen LogP contribution >= 0.6 is 0 Å². The number of benzene rings is 1. The zero-order chi connectivity index (χ0) is 21.2. The van der Waals surface area contributed by atoms with Crippen LogP contribution in [0.4, 0.5) is 5.69 Å². The number of rotatable bonds is 4. The number of carbonyl (C=O) groups is 2. The van der Waals surface area contributed by atoms with Crippen molar-refractivity contribution in [3.05, 3.63) is 58.4 Å². The van der Waals surface area contributed by atoms with E-state index in [1.165, 1.54) is 35.4 Å². The van der Waals surface area contributed by atoms with Gasteiger partial charge in [0.05, 0.1) is 12.2 Å². The summed E-state index contributed by atoms with van der Waals surface area (Å²) in [7, 11) is 0. The Hall–Kier alpha value is -2.73. The minimum Gasteiger partial charge on any atom is -0.336 e. The molecule has 1 saturated heterocycles. The molecule has 2 aromatic rings. The lowest BCUT2D eigenvalue weighted by molar-refractivity contribution is -0.117. The number of nitrogens with zero attached hydrogens (tertiary/aromatic N) is 3. The van der Waals surface area contributed by atoms with E-state index in [-0.39, 0.29) is 11.8 Å². The van der Waals surface area contributed by atoms with E-state index >= 15 is 0 Å². The first-order chi connectivity index (χ1) is 15.2. The lowest BCUT2D eigenvalue weighted by atomic mass is 9.92. The summed E-state index contributed by atoms with van der Waals surface area (Å²) in [6.45, 7) is 3.12. The Balaban J connectivity index is 1.21. The second kappa shape index (κ2) is 8.79. The number of anilines is 1. The number of hydrogen-bond donors (Lipinski definition) is 1. The van der Waals surface area contributed by atoms with Crippen molar-refractivity contribution in [2.75, 3.05) is 38.0 Å². The molecule has 1 N–H and O–H groups in total. The quantitative estimate of drug-likeness (QED) is 0.829. The maximum Gasteiger partial charge on any atom is 0.253 e. The van der Waals surface area contributed by atoms with Crippen LogP contribution in [0.3, 0.4) is 0 Å². The first-order valence-corrected chi connectivity index (χ1v) is 11.6. The van der Waals surface area contributed by atoms with E-state index in [4.69, 9.17) is 4.98 Å². The Morgan fingerprint density at radius 3 is 2.23 bits per heavy atom. The van der Waals surface area contributed by atoms with Crippen molar-refractivity contribution in [1.82, 2.24) is 14.8 Å². The zero-order valence-electron chi connectivity index (χ0n) is 18.0. The van der Waals surface area contributed by atoms with Gasteiger partial charge in [0.2, 0.25) is 5.91 Å². The molecule has 0 atom stereocenters. The highest BCUT2D eigenvalue weighted by molar-refractivity contribution is 5.95. The number of pyridine rings is 1. The number of amides is 2. The van der Waals surface area contributed by atoms with Crippen molar-refractivity contribution < 1.29 is 9.59 Å². The Morgan fingerprint density at radius 2 is 1.48 bits per heavy atom. The maximum atomic E-state index is 12.9. The van der Waals surface area contributed by atoms with Crippen LogP contribution in [0.15, 0.2) is 30.3 Å². The third-order valence-corrected chi connectivity index (χ3v) is 6.81. The lowest BCUT2D eigenvalue weighted by Crippen LogP contribution is -2.50. The molecule has 0 spiro atoms. The Morgan fingerprint density at radius 1 is 0.839 bits per heavy atom. The van der Waals surface area contributed by atoms with E-state index in [2.05, 4.69) is 10.2 Å². The standard InChI is InChI=1S/C25H30N4O2/c30-23(17-28-13-15-29(16-14-28)25(31)18-7-2-1-3-8-18)27-24-19-9-4-5-11-21(19)26-22-12-6-10-20(22)24/h1-3,7-8H,4-6,9-17H2,(H,26,27,30). The van der Waals surface area contributed by atoms with E-state index in [0.29, 0.717) is 19.6 Å². The highest BCUT2D eigenvalue weighted by atomic mass is 16.2. The molecular formula is C25H30N4O2. The van der Waals surface area contributed by atoms with Crippen LogP contribution in [-0.4, -0.2) is 59.3 Å². The number of hydrogen-bond acceptors (Lipinski definition) is 4. The SMILES string of the molecule is O=C(CN1CCN(C(=O)c2ccccc2)CC1)Nc1c2c(nc3c1CCC3)CCCC2. The molecule has 1 aromatic heterocycles. The largest absolute Gasteiger partial charge is 0.336 e. The summed E-state index contributed by atoms with van der Waals surface area (Å²) < 4.78 is 0. The molecule has 0 saturated carbocycles. The Labute approximate surface area is 183 Å². The summed E-state index contributed by atoms with van der Waals surface area (Å²) >= 11 is 0. The second-order valence-electron chi connectivity index (χ2n) is 8.88. The van der Waals surface area contributed by atoms with E-state index < -0.39 is 0 Å². The van der Waals surface area contributed by atoms with Gasteiger partial charge < -0.3 is 10.2 Å². The third-order valence-electron chi connectivity index (χ3n) is 6.81. The molecule has 6 nitrogen and oxygen atoms in total. The fraction of sp³-hybridized carbons (Fsp3) is 0.480. The minimum absolute atomic E-state index is 0.0518. The molecule has 5 rings (SSSR count). The molecule has 1 aliphatic heterocycles. The van der Waals surface area contributed by atoms with Gasteiger partial charge in [-0.05, 0) is 68.2 Å². The van der Waals surface area contributed by atoms with Gasteiger partial charge in [-0.25, -0.2) is 0 Å². The normalized spacial score (nSPS) is 18.4. The molecule has 2 aliphatic carbocycles. The summed E-state index contributed by atoms with van der Waals surface area (Å²) in [5, 5.41) is 3.28. The van der Waals surface area contributed by atoms with Crippen LogP contribution < -0.4 is 5.32 Å². The van der Waals surface area contributed by atoms with E-state index in [0.717, 1.165) is 56.4 Å². The maximum absolute atomic E-state index is 12.9. The van der Waals surface area contributed by atoms with Crippen molar-refractivity contribution in [1.29, 1.82) is 0 Å². The smallest absolute Gasteiger partial charge is 0.253 e. The molecule has 0 radical (unpaired) electrons. The highest BCUT2D eigenvalue weighted by Gasteiger charge is 2.27. The summed E-state index contributed by atoms with van der Waals surface area (Å²) in [6, 6.07) is 9.42. The first kappa shape index (κ1) is 20.2. The van der Waals surface area contributed by atoms with Crippen molar-refractivity contribution in [3.8, 4) is 0 Å². The fourth-order valence-electron chi connectivity index (χ4n) is 5.15. The van der Waals surface area contributed by atoms with Crippen LogP contribution in [0.25, 0.3) is 0 Å². The van der Waals surface area contributed by atoms with Crippen LogP contribution in [0.5, 0.6) is 0 Å². The molecule has 2 heterocycles. The predicted molar refractivity (Wildman–Crippen MR) is 120 cm³/mol. The molecule has 1 fully saturated rings. The van der Waals surface area contributed by atoms with Gasteiger partial charge in [0.1, 0.15) is 0 Å². The first-order valence-electron chi connectivity index (χ1n) is 11.6. The lowest BCUT2D eigenvalue weighted by Gasteiger charge is -2.34. The molecule has 0 unspecified atom stereocenters. The summed E-state index contributed by atoms with van der Waals surface area (Å²) in [4.78, 5) is 34.5. The van der Waals surface area contributed by atoms with Crippen LogP contribution in [-0.2, 0) is 30.5 Å². The summed E-state index contributed by atoms with van der Waals surface area (Å²) in [5.74, 6) is 0.125. The average Bonchev–Trinajstić information content (AvgIpc) is 3.28. The second-order valence-corrected chi connectivity index (χ2v) is 8.88. The molecule has 0 bridgehead atoms. The van der Waals surface area contributed by atoms with E-state index in [1.54, 1.807) is 0 Å². The van der Waals surface area contributed by atoms with E-state index in [1.807, 2.05) is 35.2 Å². The molecule has 6 heteroatoms. The topological polar surface area (TPSA) is 65.5 Å². The Kier molecular flexibility index (Phi) is 5.72. The highest BCUT2D eigenvalue weighted by Crippen LogP contribution is 2.35.